The Morgan fingerprint density at radius 2 is 1.78 bits per heavy atom. The van der Waals surface area contributed by atoms with Gasteiger partial charge in [0.1, 0.15) is 29.9 Å². The first-order valence-corrected chi connectivity index (χ1v) is 24.8. The van der Waals surface area contributed by atoms with Gasteiger partial charge in [0, 0.05) is 90.0 Å². The number of amides is 5. The summed E-state index contributed by atoms with van der Waals surface area (Å²) in [6.45, 7) is 7.74. The van der Waals surface area contributed by atoms with Gasteiger partial charge >= 0.3 is 6.18 Å². The normalized spacial score (nSPS) is 26.1. The van der Waals surface area contributed by atoms with Crippen LogP contribution in [0, 0.1) is 34.4 Å². The number of rotatable bonds is 5. The van der Waals surface area contributed by atoms with Crippen LogP contribution in [0.5, 0.6) is 5.75 Å². The van der Waals surface area contributed by atoms with Crippen molar-refractivity contribution in [1.82, 2.24) is 25.4 Å². The van der Waals surface area contributed by atoms with Crippen molar-refractivity contribution in [1.29, 1.82) is 0 Å². The first kappa shape index (κ1) is 47.8. The van der Waals surface area contributed by atoms with E-state index in [1.54, 1.807) is 47.4 Å². The predicted molar refractivity (Wildman–Crippen MR) is 258 cm³/mol. The maximum atomic E-state index is 16.5. The summed E-state index contributed by atoms with van der Waals surface area (Å²) in [6, 6.07) is 13.7. The third-order valence-electron chi connectivity index (χ3n) is 16.1. The third kappa shape index (κ3) is 8.05. The van der Waals surface area contributed by atoms with E-state index >= 15 is 9.18 Å². The van der Waals surface area contributed by atoms with Gasteiger partial charge in [0.25, 0.3) is 11.8 Å². The average Bonchev–Trinajstić information content (AvgIpc) is 3.55. The van der Waals surface area contributed by atoms with Crippen LogP contribution < -0.4 is 25.6 Å². The number of likely N-dealkylation sites (tertiary alicyclic amines) is 1. The monoisotopic (exact) mass is 1010 g/mol. The number of hydrogen-bond acceptors (Lipinski definition) is 9. The minimum atomic E-state index is -4.70. The Kier molecular flexibility index (Phi) is 11.5. The van der Waals surface area contributed by atoms with Crippen LogP contribution in [0.2, 0.25) is 5.02 Å². The molecule has 374 valence electrons. The number of aromatic nitrogens is 1. The predicted octanol–water partition coefficient (Wildman–Crippen LogP) is 7.60. The summed E-state index contributed by atoms with van der Waals surface area (Å²) in [5.74, 6) is 3.97. The fourth-order valence-corrected chi connectivity index (χ4v) is 12.6. The lowest BCUT2D eigenvalue weighted by atomic mass is 9.63. The van der Waals surface area contributed by atoms with E-state index in [0.717, 1.165) is 36.5 Å². The Hall–Kier alpha value is -6.51. The zero-order valence-corrected chi connectivity index (χ0v) is 40.6. The van der Waals surface area contributed by atoms with Crippen LogP contribution in [0.15, 0.2) is 66.9 Å². The second-order valence-corrected chi connectivity index (χ2v) is 21.9. The number of carbonyl (C=O) groups excluding carboxylic acids is 5. The molecule has 1 saturated carbocycles. The van der Waals surface area contributed by atoms with Crippen LogP contribution in [0.25, 0.3) is 0 Å². The Balaban J connectivity index is 0.806. The van der Waals surface area contributed by atoms with Gasteiger partial charge in [-0.25, -0.2) is 4.39 Å². The highest BCUT2D eigenvalue weighted by molar-refractivity contribution is 6.30. The van der Waals surface area contributed by atoms with Crippen molar-refractivity contribution in [3.8, 4) is 17.6 Å². The second kappa shape index (κ2) is 17.3. The molecule has 5 amide bonds. The zero-order chi connectivity index (χ0) is 50.6. The van der Waals surface area contributed by atoms with E-state index in [1.807, 2.05) is 31.7 Å². The van der Waals surface area contributed by atoms with E-state index in [1.165, 1.54) is 17.2 Å². The lowest BCUT2D eigenvalue weighted by Crippen LogP contribution is -2.52. The van der Waals surface area contributed by atoms with Crippen molar-refractivity contribution < 1.29 is 46.3 Å². The Morgan fingerprint density at radius 1 is 1.00 bits per heavy atom. The molecule has 1 aliphatic carbocycles. The minimum absolute atomic E-state index is 0.0279. The molecule has 72 heavy (non-hydrogen) atoms. The molecule has 6 atom stereocenters. The molecule has 2 spiro atoms. The molecule has 3 N–H and O–H groups in total. The topological polar surface area (TPSA) is 153 Å². The van der Waals surface area contributed by atoms with E-state index in [2.05, 4.69) is 32.8 Å². The molecule has 0 unspecified atom stereocenters. The van der Waals surface area contributed by atoms with Gasteiger partial charge in [0.15, 0.2) is 0 Å². The highest BCUT2D eigenvalue weighted by Gasteiger charge is 2.63. The summed E-state index contributed by atoms with van der Waals surface area (Å²) in [4.78, 5) is 75.9. The van der Waals surface area contributed by atoms with Gasteiger partial charge in [-0.05, 0) is 96.5 Å². The summed E-state index contributed by atoms with van der Waals surface area (Å²) in [7, 11) is 0. The van der Waals surface area contributed by atoms with E-state index in [4.69, 9.17) is 16.3 Å². The number of alkyl halides is 3. The number of benzene rings is 3. The van der Waals surface area contributed by atoms with Gasteiger partial charge in [-0.2, -0.15) is 13.2 Å². The van der Waals surface area contributed by atoms with E-state index < -0.39 is 59.0 Å². The van der Waals surface area contributed by atoms with Gasteiger partial charge < -0.3 is 30.1 Å². The number of nitrogens with one attached hydrogen (secondary N) is 3. The van der Waals surface area contributed by atoms with Gasteiger partial charge in [-0.1, -0.05) is 62.4 Å². The number of anilines is 2. The second-order valence-electron chi connectivity index (χ2n) is 21.5. The highest BCUT2D eigenvalue weighted by Crippen LogP contribution is 2.60. The van der Waals surface area contributed by atoms with E-state index in [-0.39, 0.29) is 89.8 Å². The number of ether oxygens (including phenoxy) is 1. The number of carbonyl (C=O) groups is 5. The molecule has 11 rings (SSSR count). The zero-order valence-electron chi connectivity index (χ0n) is 39.9. The summed E-state index contributed by atoms with van der Waals surface area (Å²) < 4.78 is 64.5. The Bertz CT molecular complexity index is 3050. The van der Waals surface area contributed by atoms with Gasteiger partial charge in [0.2, 0.25) is 17.7 Å². The smallest absolute Gasteiger partial charge is 0.433 e. The quantitative estimate of drug-likeness (QED) is 0.104. The number of halogens is 5. The number of piperidine rings is 2. The average molecular weight is 1010 g/mol. The van der Waals surface area contributed by atoms with Gasteiger partial charge in [0.05, 0.1) is 23.3 Å². The van der Waals surface area contributed by atoms with Crippen molar-refractivity contribution >= 4 is 52.5 Å². The van der Waals surface area contributed by atoms with Crippen molar-refractivity contribution in [2.45, 2.75) is 101 Å². The van der Waals surface area contributed by atoms with Crippen LogP contribution in [0.1, 0.15) is 114 Å². The summed E-state index contributed by atoms with van der Waals surface area (Å²) in [5.41, 5.74) is 1.11. The molecule has 3 saturated heterocycles. The van der Waals surface area contributed by atoms with Crippen LogP contribution in [0.4, 0.5) is 28.9 Å². The van der Waals surface area contributed by atoms with Gasteiger partial charge in [-0.15, -0.1) is 0 Å². The molecule has 7 heterocycles. The molecule has 4 fully saturated rings. The number of nitrogens with zero attached hydrogens (tertiary/aromatic N) is 4. The molecule has 7 aliphatic rings. The lowest BCUT2D eigenvalue weighted by molar-refractivity contribution is -0.141. The molecule has 13 nitrogen and oxygen atoms in total. The maximum absolute atomic E-state index is 16.5. The van der Waals surface area contributed by atoms with E-state index in [9.17, 15) is 32.3 Å². The number of pyridine rings is 1. The molecule has 18 heteroatoms. The number of fused-ring (bicyclic) bond motifs is 4. The van der Waals surface area contributed by atoms with Crippen molar-refractivity contribution in [3.05, 3.63) is 117 Å². The minimum Gasteiger partial charge on any atom is -0.490 e. The standard InChI is InChI=1S/C54H52ClF4N7O6/c1-51(2,3)25-42-53(28-61-37-23-41(54(57,58)59)60-26-35(37)53)44(33-8-5-9-36(55)45(33)56)46(62-42)50(71)65-20-21-72-40-22-30(11-13-38(40)65)48(69)64-18-16-52(17-19-64)24-31(52)12-10-29-6-4-7-32-34(29)27-66(49(32)70)39-14-15-43(67)63-47(39)68/h4-9,11,13,22-23,26,31,39,42,44,46,61-62H,14-21,24-25,27-28H2,1-3H3,(H,63,67,68)/t31-,39-,42-,44-,46+,53-/m0/s1. The van der Waals surface area contributed by atoms with Crippen LogP contribution in [-0.4, -0.2) is 95.2 Å². The van der Waals surface area contributed by atoms with Crippen LogP contribution in [-0.2, 0) is 32.5 Å². The number of hydrogen-bond donors (Lipinski definition) is 3. The molecular weight excluding hydrogens is 954 g/mol. The van der Waals surface area contributed by atoms with Crippen molar-refractivity contribution in [2.24, 2.45) is 16.7 Å². The fourth-order valence-electron chi connectivity index (χ4n) is 12.4. The van der Waals surface area contributed by atoms with E-state index in [0.29, 0.717) is 47.6 Å². The van der Waals surface area contributed by atoms with Crippen LogP contribution in [0.3, 0.4) is 0 Å². The van der Waals surface area contributed by atoms with Crippen molar-refractivity contribution in [2.75, 3.05) is 43.0 Å². The van der Waals surface area contributed by atoms with Gasteiger partial charge in [-0.3, -0.25) is 34.3 Å². The molecule has 0 bridgehead atoms. The lowest BCUT2D eigenvalue weighted by Gasteiger charge is -2.39. The maximum Gasteiger partial charge on any atom is 0.433 e. The molecule has 0 radical (unpaired) electrons. The molecule has 1 aromatic heterocycles. The summed E-state index contributed by atoms with van der Waals surface area (Å²) in [6.07, 6.45) is -0.143. The molecule has 6 aliphatic heterocycles. The SMILES string of the molecule is CC(C)(C)C[C@@H]1N[C@@H](C(=O)N2CCOc3cc(C(=O)N4CCC5(CC4)C[C@@H]5C#Cc4cccc5c4CN([C@H]4CCC(=O)NC4=O)C5=O)ccc32)[C@H](c2cccc(Cl)c2F)[C@]12CNc1cc(C(F)(F)F)ncc12. The first-order valence-electron chi connectivity index (χ1n) is 24.4. The fraction of sp³-hybridized carbons (Fsp3) is 0.444. The Labute approximate surface area is 418 Å². The largest absolute Gasteiger partial charge is 0.490 e. The molecular formula is C54H52ClF4N7O6. The number of imide groups is 1. The summed E-state index contributed by atoms with van der Waals surface area (Å²) >= 11 is 6.42. The van der Waals surface area contributed by atoms with Crippen LogP contribution >= 0.6 is 11.6 Å². The third-order valence-corrected chi connectivity index (χ3v) is 16.4. The molecule has 3 aromatic carbocycles. The Morgan fingerprint density at radius 3 is 2.53 bits per heavy atom. The highest BCUT2D eigenvalue weighted by atomic mass is 35.5. The van der Waals surface area contributed by atoms with Crippen molar-refractivity contribution in [3.63, 3.8) is 0 Å². The molecule has 4 aromatic rings. The first-order chi connectivity index (χ1) is 34.3. The summed E-state index contributed by atoms with van der Waals surface area (Å²) in [5, 5.41) is 8.96.